The summed E-state index contributed by atoms with van der Waals surface area (Å²) >= 11 is 0. The first kappa shape index (κ1) is 20.9. The molecule has 1 N–H and O–H groups in total. The van der Waals surface area contributed by atoms with Crippen molar-refractivity contribution < 1.29 is 28.9 Å². The van der Waals surface area contributed by atoms with Gasteiger partial charge in [-0.2, -0.15) is 0 Å². The Kier molecular flexibility index (Phi) is 14.0. The second-order valence-electron chi connectivity index (χ2n) is 5.26. The Hall–Kier alpha value is -1.14. The molecule has 22 heavy (non-hydrogen) atoms. The van der Waals surface area contributed by atoms with Crippen LogP contribution < -0.4 is 0 Å². The quantitative estimate of drug-likeness (QED) is 0.369. The molecule has 0 aliphatic rings. The maximum Gasteiger partial charge on any atom is 0.305 e. The van der Waals surface area contributed by atoms with Gasteiger partial charge in [0.15, 0.2) is 0 Å². The zero-order valence-electron chi connectivity index (χ0n) is 13.8. The third-order valence-electron chi connectivity index (χ3n) is 3.08. The van der Waals surface area contributed by atoms with E-state index >= 15 is 0 Å². The first-order chi connectivity index (χ1) is 10.6. The van der Waals surface area contributed by atoms with Gasteiger partial charge in [-0.1, -0.05) is 13.3 Å². The van der Waals surface area contributed by atoms with E-state index in [0.717, 1.165) is 19.4 Å². The van der Waals surface area contributed by atoms with E-state index in [2.05, 4.69) is 6.92 Å². The zero-order valence-corrected chi connectivity index (χ0v) is 13.8. The van der Waals surface area contributed by atoms with Gasteiger partial charge in [-0.3, -0.25) is 9.59 Å². The van der Waals surface area contributed by atoms with E-state index in [9.17, 15) is 9.59 Å². The van der Waals surface area contributed by atoms with Gasteiger partial charge in [0, 0.05) is 25.9 Å². The number of rotatable bonds is 15. The average molecular weight is 318 g/mol. The van der Waals surface area contributed by atoms with Gasteiger partial charge < -0.3 is 19.3 Å². The number of carboxylic acids is 1. The summed E-state index contributed by atoms with van der Waals surface area (Å²) in [6.07, 6.45) is 4.28. The largest absolute Gasteiger partial charge is 0.481 e. The fourth-order valence-corrected chi connectivity index (χ4v) is 1.70. The summed E-state index contributed by atoms with van der Waals surface area (Å²) < 4.78 is 16.0. The summed E-state index contributed by atoms with van der Waals surface area (Å²) in [7, 11) is 0. The number of aliphatic carboxylic acids is 1. The molecule has 0 aliphatic carbocycles. The van der Waals surface area contributed by atoms with Crippen molar-refractivity contribution in [3.63, 3.8) is 0 Å². The molecule has 0 aliphatic heterocycles. The second-order valence-corrected chi connectivity index (χ2v) is 5.26. The number of hydrogen-bond acceptors (Lipinski definition) is 5. The SMILES string of the molecule is CCCCOCCOC(C)CCOC(=O)CCCCC(=O)O. The smallest absolute Gasteiger partial charge is 0.305 e. The summed E-state index contributed by atoms with van der Waals surface area (Å²) in [6, 6.07) is 0. The van der Waals surface area contributed by atoms with Crippen molar-refractivity contribution in [3.05, 3.63) is 0 Å². The van der Waals surface area contributed by atoms with Crippen LogP contribution in [0, 0.1) is 0 Å². The fraction of sp³-hybridized carbons (Fsp3) is 0.875. The van der Waals surface area contributed by atoms with E-state index in [1.165, 1.54) is 0 Å². The summed E-state index contributed by atoms with van der Waals surface area (Å²) in [6.45, 7) is 6.30. The lowest BCUT2D eigenvalue weighted by Crippen LogP contribution is -2.16. The normalized spacial score (nSPS) is 12.1. The van der Waals surface area contributed by atoms with Gasteiger partial charge in [0.1, 0.15) is 0 Å². The molecule has 1 atom stereocenters. The Morgan fingerprint density at radius 1 is 1.00 bits per heavy atom. The molecule has 6 heteroatoms. The standard InChI is InChI=1S/C16H30O6/c1-3-4-10-20-12-13-21-14(2)9-11-22-16(19)8-6-5-7-15(17)18/h14H,3-13H2,1-2H3,(H,17,18). The fourth-order valence-electron chi connectivity index (χ4n) is 1.70. The van der Waals surface area contributed by atoms with E-state index in [-0.39, 0.29) is 24.9 Å². The molecular formula is C16H30O6. The predicted molar refractivity (Wildman–Crippen MR) is 82.8 cm³/mol. The Labute approximate surface area is 133 Å². The van der Waals surface area contributed by atoms with Gasteiger partial charge in [-0.05, 0) is 26.2 Å². The molecule has 0 fully saturated rings. The van der Waals surface area contributed by atoms with Crippen molar-refractivity contribution >= 4 is 11.9 Å². The molecule has 0 saturated carbocycles. The van der Waals surface area contributed by atoms with Crippen LogP contribution in [0.1, 0.15) is 58.8 Å². The highest BCUT2D eigenvalue weighted by atomic mass is 16.5. The van der Waals surface area contributed by atoms with Crippen molar-refractivity contribution in [2.24, 2.45) is 0 Å². The molecule has 1 unspecified atom stereocenters. The molecule has 0 aromatic heterocycles. The van der Waals surface area contributed by atoms with E-state index < -0.39 is 5.97 Å². The number of ether oxygens (including phenoxy) is 3. The Morgan fingerprint density at radius 2 is 1.73 bits per heavy atom. The van der Waals surface area contributed by atoms with Gasteiger partial charge in [-0.25, -0.2) is 0 Å². The van der Waals surface area contributed by atoms with Crippen LogP contribution in [0.4, 0.5) is 0 Å². The average Bonchev–Trinajstić information content (AvgIpc) is 2.47. The van der Waals surface area contributed by atoms with Crippen LogP contribution in [0.15, 0.2) is 0 Å². The molecule has 0 aromatic carbocycles. The van der Waals surface area contributed by atoms with Gasteiger partial charge in [0.25, 0.3) is 0 Å². The van der Waals surface area contributed by atoms with Crippen LogP contribution in [0.25, 0.3) is 0 Å². The molecular weight excluding hydrogens is 288 g/mol. The van der Waals surface area contributed by atoms with Crippen molar-refractivity contribution in [3.8, 4) is 0 Å². The van der Waals surface area contributed by atoms with E-state index in [1.54, 1.807) is 0 Å². The Morgan fingerprint density at radius 3 is 2.41 bits per heavy atom. The number of carbonyl (C=O) groups is 2. The third kappa shape index (κ3) is 15.3. The van der Waals surface area contributed by atoms with E-state index in [1.807, 2.05) is 6.92 Å². The molecule has 0 heterocycles. The molecule has 130 valence electrons. The van der Waals surface area contributed by atoms with Crippen molar-refractivity contribution in [1.29, 1.82) is 0 Å². The number of hydrogen-bond donors (Lipinski definition) is 1. The molecule has 0 rings (SSSR count). The summed E-state index contributed by atoms with van der Waals surface area (Å²) in [5, 5.41) is 8.47. The summed E-state index contributed by atoms with van der Waals surface area (Å²) in [4.78, 5) is 21.7. The monoisotopic (exact) mass is 318 g/mol. The van der Waals surface area contributed by atoms with Gasteiger partial charge >= 0.3 is 11.9 Å². The van der Waals surface area contributed by atoms with Crippen LogP contribution in [0.2, 0.25) is 0 Å². The van der Waals surface area contributed by atoms with Crippen LogP contribution in [-0.2, 0) is 23.8 Å². The number of carboxylic acid groups (broad SMARTS) is 1. The van der Waals surface area contributed by atoms with Crippen molar-refractivity contribution in [2.75, 3.05) is 26.4 Å². The summed E-state index contributed by atoms with van der Waals surface area (Å²) in [5.41, 5.74) is 0. The highest BCUT2D eigenvalue weighted by Gasteiger charge is 2.07. The highest BCUT2D eigenvalue weighted by molar-refractivity contribution is 5.69. The zero-order chi connectivity index (χ0) is 16.6. The van der Waals surface area contributed by atoms with Gasteiger partial charge in [-0.15, -0.1) is 0 Å². The summed E-state index contributed by atoms with van der Waals surface area (Å²) in [5.74, 6) is -1.11. The lowest BCUT2D eigenvalue weighted by atomic mass is 10.2. The van der Waals surface area contributed by atoms with Crippen LogP contribution in [-0.4, -0.2) is 49.6 Å². The van der Waals surface area contributed by atoms with E-state index in [0.29, 0.717) is 39.1 Å². The van der Waals surface area contributed by atoms with Crippen LogP contribution in [0.3, 0.4) is 0 Å². The van der Waals surface area contributed by atoms with E-state index in [4.69, 9.17) is 19.3 Å². The minimum absolute atomic E-state index is 0.0228. The molecule has 0 saturated heterocycles. The molecule has 0 amide bonds. The first-order valence-electron chi connectivity index (χ1n) is 8.13. The molecule has 0 bridgehead atoms. The van der Waals surface area contributed by atoms with Gasteiger partial charge in [0.05, 0.1) is 25.9 Å². The van der Waals surface area contributed by atoms with Crippen LogP contribution >= 0.6 is 0 Å². The molecule has 0 spiro atoms. The van der Waals surface area contributed by atoms with Crippen LogP contribution in [0.5, 0.6) is 0 Å². The minimum atomic E-state index is -0.835. The maximum atomic E-state index is 11.4. The molecule has 6 nitrogen and oxygen atoms in total. The number of carbonyl (C=O) groups excluding carboxylic acids is 1. The predicted octanol–water partition coefficient (Wildman–Crippen LogP) is 2.79. The Balaban J connectivity index is 3.37. The highest BCUT2D eigenvalue weighted by Crippen LogP contribution is 2.03. The Bertz CT molecular complexity index is 292. The lowest BCUT2D eigenvalue weighted by molar-refractivity contribution is -0.145. The molecule has 0 aromatic rings. The number of unbranched alkanes of at least 4 members (excludes halogenated alkanes) is 2. The minimum Gasteiger partial charge on any atom is -0.481 e. The molecule has 0 radical (unpaired) electrons. The van der Waals surface area contributed by atoms with Gasteiger partial charge in [0.2, 0.25) is 0 Å². The lowest BCUT2D eigenvalue weighted by Gasteiger charge is -2.13. The second kappa shape index (κ2) is 14.8. The first-order valence-corrected chi connectivity index (χ1v) is 8.13. The topological polar surface area (TPSA) is 82.1 Å². The third-order valence-corrected chi connectivity index (χ3v) is 3.08. The van der Waals surface area contributed by atoms with Crippen molar-refractivity contribution in [2.45, 2.75) is 64.9 Å². The van der Waals surface area contributed by atoms with Crippen molar-refractivity contribution in [1.82, 2.24) is 0 Å². The maximum absolute atomic E-state index is 11.4. The number of esters is 1.